The number of nitrogen functional groups attached to an aromatic ring is 1. The van der Waals surface area contributed by atoms with Gasteiger partial charge in [0.1, 0.15) is 17.4 Å². The zero-order chi connectivity index (χ0) is 12.4. The van der Waals surface area contributed by atoms with Gasteiger partial charge in [0.2, 0.25) is 0 Å². The summed E-state index contributed by atoms with van der Waals surface area (Å²) in [5, 5.41) is 0. The molecule has 0 aliphatic rings. The molecule has 88 valence electrons. The summed E-state index contributed by atoms with van der Waals surface area (Å²) in [7, 11) is 0. The second-order valence-electron chi connectivity index (χ2n) is 3.69. The molecule has 0 aliphatic carbocycles. The quantitative estimate of drug-likeness (QED) is 0.806. The third kappa shape index (κ3) is 2.53. The maximum Gasteiger partial charge on any atom is 0.150 e. The molecule has 0 bridgehead atoms. The average Bonchev–Trinajstić information content (AvgIpc) is 2.25. The molecule has 0 saturated carbocycles. The van der Waals surface area contributed by atoms with E-state index in [4.69, 9.17) is 10.5 Å². The summed E-state index contributed by atoms with van der Waals surface area (Å²) in [6.07, 6.45) is 0. The summed E-state index contributed by atoms with van der Waals surface area (Å²) in [6.45, 7) is 1.72. The topological polar surface area (TPSA) is 35.2 Å². The molecule has 2 aromatic rings. The van der Waals surface area contributed by atoms with Gasteiger partial charge in [-0.3, -0.25) is 0 Å². The van der Waals surface area contributed by atoms with Crippen molar-refractivity contribution in [3.8, 4) is 11.5 Å². The summed E-state index contributed by atoms with van der Waals surface area (Å²) in [4.78, 5) is 0. The normalized spacial score (nSPS) is 10.3. The molecule has 2 nitrogen and oxygen atoms in total. The Bertz CT molecular complexity index is 506. The Morgan fingerprint density at radius 2 is 1.53 bits per heavy atom. The third-order valence-electron chi connectivity index (χ3n) is 2.33. The van der Waals surface area contributed by atoms with Gasteiger partial charge in [-0.1, -0.05) is 0 Å². The highest BCUT2D eigenvalue weighted by molar-refractivity contribution is 5.54. The number of nitrogens with two attached hydrogens (primary N) is 1. The fourth-order valence-electron chi connectivity index (χ4n) is 1.46. The van der Waals surface area contributed by atoms with E-state index in [1.807, 2.05) is 0 Å². The molecule has 0 saturated heterocycles. The SMILES string of the molecule is Cc1cc(F)ccc1Oc1ccc(F)cc1N. The van der Waals surface area contributed by atoms with Crippen molar-refractivity contribution in [3.63, 3.8) is 0 Å². The molecular weight excluding hydrogens is 224 g/mol. The highest BCUT2D eigenvalue weighted by Crippen LogP contribution is 2.30. The van der Waals surface area contributed by atoms with Crippen LogP contribution in [0.5, 0.6) is 11.5 Å². The summed E-state index contributed by atoms with van der Waals surface area (Å²) in [6, 6.07) is 8.02. The first-order valence-corrected chi connectivity index (χ1v) is 5.05. The standard InChI is InChI=1S/C13H11F2NO/c1-8-6-9(14)2-4-12(8)17-13-5-3-10(15)7-11(13)16/h2-7H,16H2,1H3. The molecule has 0 unspecified atom stereocenters. The molecule has 2 N–H and O–H groups in total. The van der Waals surface area contributed by atoms with E-state index in [9.17, 15) is 8.78 Å². The van der Waals surface area contributed by atoms with Crippen LogP contribution in [0.25, 0.3) is 0 Å². The zero-order valence-electron chi connectivity index (χ0n) is 9.21. The van der Waals surface area contributed by atoms with Crippen LogP contribution in [0.4, 0.5) is 14.5 Å². The van der Waals surface area contributed by atoms with Crippen LogP contribution in [0.1, 0.15) is 5.56 Å². The minimum Gasteiger partial charge on any atom is -0.455 e. The predicted molar refractivity (Wildman–Crippen MR) is 62.0 cm³/mol. The van der Waals surface area contributed by atoms with Crippen LogP contribution < -0.4 is 10.5 Å². The number of anilines is 1. The molecule has 0 fully saturated rings. The van der Waals surface area contributed by atoms with Gasteiger partial charge in [-0.2, -0.15) is 0 Å². The summed E-state index contributed by atoms with van der Waals surface area (Å²) in [5.41, 5.74) is 6.46. The molecular formula is C13H11F2NO. The molecule has 2 rings (SSSR count). The Kier molecular flexibility index (Phi) is 2.95. The molecule has 0 heterocycles. The number of hydrogen-bond donors (Lipinski definition) is 1. The lowest BCUT2D eigenvalue weighted by Crippen LogP contribution is -1.94. The van der Waals surface area contributed by atoms with Crippen LogP contribution in [0.2, 0.25) is 0 Å². The molecule has 0 aliphatic heterocycles. The summed E-state index contributed by atoms with van der Waals surface area (Å²) in [5.74, 6) is 0.0819. The maximum atomic E-state index is 12.9. The zero-order valence-corrected chi connectivity index (χ0v) is 9.21. The number of hydrogen-bond acceptors (Lipinski definition) is 2. The van der Waals surface area contributed by atoms with Crippen molar-refractivity contribution in [2.75, 3.05) is 5.73 Å². The first-order chi connectivity index (χ1) is 8.06. The highest BCUT2D eigenvalue weighted by atomic mass is 19.1. The predicted octanol–water partition coefficient (Wildman–Crippen LogP) is 3.65. The van der Waals surface area contributed by atoms with Crippen molar-refractivity contribution in [2.45, 2.75) is 6.92 Å². The first-order valence-electron chi connectivity index (χ1n) is 5.05. The molecule has 2 aromatic carbocycles. The van der Waals surface area contributed by atoms with Crippen LogP contribution in [0.15, 0.2) is 36.4 Å². The van der Waals surface area contributed by atoms with Gasteiger partial charge < -0.3 is 10.5 Å². The van der Waals surface area contributed by atoms with E-state index in [1.165, 1.54) is 36.4 Å². The fraction of sp³-hybridized carbons (Fsp3) is 0.0769. The van der Waals surface area contributed by atoms with E-state index in [2.05, 4.69) is 0 Å². The Morgan fingerprint density at radius 1 is 0.941 bits per heavy atom. The van der Waals surface area contributed by atoms with Gasteiger partial charge >= 0.3 is 0 Å². The molecule has 0 amide bonds. The van der Waals surface area contributed by atoms with Gasteiger partial charge in [-0.15, -0.1) is 0 Å². The van der Waals surface area contributed by atoms with Crippen molar-refractivity contribution in [1.29, 1.82) is 0 Å². The van der Waals surface area contributed by atoms with Crippen molar-refractivity contribution in [2.24, 2.45) is 0 Å². The van der Waals surface area contributed by atoms with E-state index < -0.39 is 5.82 Å². The largest absolute Gasteiger partial charge is 0.455 e. The van der Waals surface area contributed by atoms with E-state index >= 15 is 0 Å². The van der Waals surface area contributed by atoms with Crippen LogP contribution in [0, 0.1) is 18.6 Å². The monoisotopic (exact) mass is 235 g/mol. The van der Waals surface area contributed by atoms with Crippen LogP contribution >= 0.6 is 0 Å². The Balaban J connectivity index is 2.31. The van der Waals surface area contributed by atoms with Gasteiger partial charge in [0.15, 0.2) is 5.75 Å². The molecule has 4 heteroatoms. The lowest BCUT2D eigenvalue weighted by Gasteiger charge is -2.10. The number of halogens is 2. The number of benzene rings is 2. The Hall–Kier alpha value is -2.10. The van der Waals surface area contributed by atoms with Crippen LogP contribution in [-0.4, -0.2) is 0 Å². The van der Waals surface area contributed by atoms with Crippen molar-refractivity contribution >= 4 is 5.69 Å². The minimum absolute atomic E-state index is 0.203. The van der Waals surface area contributed by atoms with E-state index in [1.54, 1.807) is 6.92 Å². The van der Waals surface area contributed by atoms with Crippen molar-refractivity contribution in [1.82, 2.24) is 0 Å². The molecule has 0 aromatic heterocycles. The minimum atomic E-state index is -0.425. The molecule has 17 heavy (non-hydrogen) atoms. The van der Waals surface area contributed by atoms with Crippen molar-refractivity contribution < 1.29 is 13.5 Å². The first kappa shape index (κ1) is 11.4. The van der Waals surface area contributed by atoms with Crippen molar-refractivity contribution in [3.05, 3.63) is 53.6 Å². The van der Waals surface area contributed by atoms with Gasteiger partial charge in [-0.25, -0.2) is 8.78 Å². The Morgan fingerprint density at radius 3 is 2.12 bits per heavy atom. The molecule has 0 spiro atoms. The van der Waals surface area contributed by atoms with E-state index in [0.29, 0.717) is 17.1 Å². The fourth-order valence-corrected chi connectivity index (χ4v) is 1.46. The van der Waals surface area contributed by atoms with Crippen LogP contribution in [0.3, 0.4) is 0 Å². The number of aryl methyl sites for hydroxylation is 1. The third-order valence-corrected chi connectivity index (χ3v) is 2.33. The van der Waals surface area contributed by atoms with Gasteiger partial charge in [-0.05, 0) is 42.8 Å². The van der Waals surface area contributed by atoms with Gasteiger partial charge in [0.25, 0.3) is 0 Å². The lowest BCUT2D eigenvalue weighted by atomic mass is 10.2. The summed E-state index contributed by atoms with van der Waals surface area (Å²) >= 11 is 0. The number of rotatable bonds is 2. The van der Waals surface area contributed by atoms with E-state index in [-0.39, 0.29) is 11.5 Å². The smallest absolute Gasteiger partial charge is 0.150 e. The average molecular weight is 235 g/mol. The Labute approximate surface area is 97.6 Å². The van der Waals surface area contributed by atoms with Gasteiger partial charge in [0.05, 0.1) is 5.69 Å². The second kappa shape index (κ2) is 4.41. The van der Waals surface area contributed by atoms with Gasteiger partial charge in [0, 0.05) is 6.07 Å². The highest BCUT2D eigenvalue weighted by Gasteiger charge is 2.06. The molecule has 0 atom stereocenters. The summed E-state index contributed by atoms with van der Waals surface area (Å²) < 4.78 is 31.2. The lowest BCUT2D eigenvalue weighted by molar-refractivity contribution is 0.477. The second-order valence-corrected chi connectivity index (χ2v) is 3.69. The maximum absolute atomic E-state index is 12.9. The van der Waals surface area contributed by atoms with E-state index in [0.717, 1.165) is 0 Å². The van der Waals surface area contributed by atoms with Crippen LogP contribution in [-0.2, 0) is 0 Å². The number of ether oxygens (including phenoxy) is 1. The molecule has 0 radical (unpaired) electrons.